The minimum atomic E-state index is -4.43. The summed E-state index contributed by atoms with van der Waals surface area (Å²) in [5, 5.41) is 6.78. The molecule has 0 bridgehead atoms. The van der Waals surface area contributed by atoms with Gasteiger partial charge < -0.3 is 15.5 Å². The number of alkyl halides is 3. The van der Waals surface area contributed by atoms with E-state index in [2.05, 4.69) is 15.6 Å². The predicted octanol–water partition coefficient (Wildman–Crippen LogP) is 3.42. The molecule has 1 aliphatic heterocycles. The number of piperazine rings is 1. The maximum Gasteiger partial charge on any atom is 0.416 e. The van der Waals surface area contributed by atoms with Crippen LogP contribution in [0.2, 0.25) is 0 Å². The van der Waals surface area contributed by atoms with E-state index in [9.17, 15) is 21.6 Å². The number of halogens is 3. The van der Waals surface area contributed by atoms with Crippen LogP contribution in [0.25, 0.3) is 10.9 Å². The van der Waals surface area contributed by atoms with Crippen LogP contribution in [0.4, 0.5) is 30.2 Å². The fraction of sp³-hybridized carbons (Fsp3) is 0.200. The highest BCUT2D eigenvalue weighted by Gasteiger charge is 2.30. The summed E-state index contributed by atoms with van der Waals surface area (Å²) in [5.74, 6) is 0. The Morgan fingerprint density at radius 3 is 2.53 bits per heavy atom. The number of benzene rings is 2. The van der Waals surface area contributed by atoms with E-state index in [0.29, 0.717) is 29.9 Å². The third-order valence-electron chi connectivity index (χ3n) is 4.81. The average Bonchev–Trinajstić information content (AvgIpc) is 2.73. The van der Waals surface area contributed by atoms with Gasteiger partial charge in [0.15, 0.2) is 4.99 Å². The smallest absolute Gasteiger partial charge is 0.355 e. The van der Waals surface area contributed by atoms with Crippen LogP contribution in [0.15, 0.2) is 54.7 Å². The van der Waals surface area contributed by atoms with Crippen LogP contribution in [0.5, 0.6) is 0 Å². The fourth-order valence-electron chi connectivity index (χ4n) is 3.34. The van der Waals surface area contributed by atoms with Gasteiger partial charge in [-0.3, -0.25) is 4.98 Å². The monoisotopic (exact) mass is 434 g/mol. The van der Waals surface area contributed by atoms with Crippen molar-refractivity contribution < 1.29 is 21.6 Å². The normalized spacial score (nSPS) is 14.8. The molecule has 4 rings (SSSR count). The summed E-state index contributed by atoms with van der Waals surface area (Å²) in [6, 6.07) is 12.3. The van der Waals surface area contributed by atoms with Crippen molar-refractivity contribution in [3.05, 3.63) is 60.3 Å². The van der Waals surface area contributed by atoms with Crippen LogP contribution in [-0.4, -0.2) is 38.0 Å². The molecule has 1 saturated heterocycles. The van der Waals surface area contributed by atoms with Gasteiger partial charge in [-0.2, -0.15) is 21.6 Å². The lowest BCUT2D eigenvalue weighted by Gasteiger charge is -2.29. The second-order valence-electron chi connectivity index (χ2n) is 6.72. The first-order valence-corrected chi connectivity index (χ1v) is 10.2. The fourth-order valence-corrected chi connectivity index (χ4v) is 3.94. The van der Waals surface area contributed by atoms with Gasteiger partial charge in [-0.05, 0) is 42.5 Å². The zero-order valence-corrected chi connectivity index (χ0v) is 16.4. The molecular formula is C20H17F3N4O2S. The number of pyridine rings is 1. The molecule has 1 aromatic heterocycles. The van der Waals surface area contributed by atoms with Crippen molar-refractivity contribution in [2.75, 3.05) is 29.9 Å². The molecule has 6 nitrogen and oxygen atoms in total. The van der Waals surface area contributed by atoms with Crippen LogP contribution in [0.3, 0.4) is 0 Å². The third-order valence-corrected chi connectivity index (χ3v) is 5.56. The number of hydrogen-bond acceptors (Lipinski definition) is 5. The van der Waals surface area contributed by atoms with E-state index in [1.165, 1.54) is 12.3 Å². The Kier molecular flexibility index (Phi) is 5.35. The molecule has 30 heavy (non-hydrogen) atoms. The highest BCUT2D eigenvalue weighted by Crippen LogP contribution is 2.33. The Morgan fingerprint density at radius 2 is 1.83 bits per heavy atom. The molecule has 0 atom stereocenters. The van der Waals surface area contributed by atoms with Crippen LogP contribution >= 0.6 is 0 Å². The first-order valence-electron chi connectivity index (χ1n) is 9.09. The molecule has 2 N–H and O–H groups in total. The minimum absolute atomic E-state index is 0.240. The van der Waals surface area contributed by atoms with E-state index in [1.54, 1.807) is 35.2 Å². The molecule has 0 spiro atoms. The number of fused-ring (bicyclic) bond motifs is 1. The van der Waals surface area contributed by atoms with Gasteiger partial charge in [-0.25, -0.2) is 0 Å². The summed E-state index contributed by atoms with van der Waals surface area (Å²) >= 11 is 0. The van der Waals surface area contributed by atoms with E-state index in [4.69, 9.17) is 0 Å². The summed E-state index contributed by atoms with van der Waals surface area (Å²) in [4.78, 5) is 6.06. The zero-order chi connectivity index (χ0) is 21.3. The lowest BCUT2D eigenvalue weighted by atomic mass is 10.1. The Morgan fingerprint density at radius 1 is 1.07 bits per heavy atom. The molecule has 0 amide bonds. The zero-order valence-electron chi connectivity index (χ0n) is 15.6. The van der Waals surface area contributed by atoms with Crippen molar-refractivity contribution in [3.8, 4) is 0 Å². The lowest BCUT2D eigenvalue weighted by Crippen LogP contribution is -2.48. The van der Waals surface area contributed by atoms with Crippen LogP contribution in [0.1, 0.15) is 5.56 Å². The van der Waals surface area contributed by atoms with Crippen LogP contribution in [-0.2, 0) is 16.5 Å². The topological polar surface area (TPSA) is 74.3 Å². The Hall–Kier alpha value is -3.11. The summed E-state index contributed by atoms with van der Waals surface area (Å²) in [5.41, 5.74) is 1.57. The largest absolute Gasteiger partial charge is 0.416 e. The number of hydrogen-bond donors (Lipinski definition) is 2. The second-order valence-corrected chi connectivity index (χ2v) is 7.66. The molecule has 2 aromatic carbocycles. The van der Waals surface area contributed by atoms with Gasteiger partial charge in [0.25, 0.3) is 0 Å². The van der Waals surface area contributed by atoms with E-state index in [1.807, 2.05) is 0 Å². The van der Waals surface area contributed by atoms with Gasteiger partial charge in [0, 0.05) is 41.7 Å². The second kappa shape index (κ2) is 7.96. The Bertz CT molecular complexity index is 1220. The molecule has 3 aromatic rings. The van der Waals surface area contributed by atoms with Crippen molar-refractivity contribution in [2.45, 2.75) is 6.18 Å². The Labute approximate surface area is 171 Å². The molecule has 10 heteroatoms. The minimum Gasteiger partial charge on any atom is -0.355 e. The number of aromatic nitrogens is 1. The molecule has 0 radical (unpaired) electrons. The molecule has 156 valence electrons. The number of anilines is 3. The standard InChI is InChI=1S/C20H17F3N4O2S/c21-20(22,23)13-1-6-16-17(7-8-25-18(16)11-13)26-14-2-4-15(5-3-14)27-10-9-24-12-19(27)30(28)29/h1-8,11,24H,9-10,12H2,(H,25,26). The summed E-state index contributed by atoms with van der Waals surface area (Å²) in [6.45, 7) is 1.48. The van der Waals surface area contributed by atoms with E-state index >= 15 is 0 Å². The quantitative estimate of drug-likeness (QED) is 0.616. The number of nitrogens with one attached hydrogen (secondary N) is 2. The van der Waals surface area contributed by atoms with E-state index < -0.39 is 22.0 Å². The van der Waals surface area contributed by atoms with Gasteiger partial charge in [0.05, 0.1) is 17.6 Å². The van der Waals surface area contributed by atoms with E-state index in [0.717, 1.165) is 17.8 Å². The molecule has 2 heterocycles. The van der Waals surface area contributed by atoms with Gasteiger partial charge in [-0.15, -0.1) is 0 Å². The Balaban J connectivity index is 1.61. The van der Waals surface area contributed by atoms with E-state index in [-0.39, 0.29) is 17.0 Å². The van der Waals surface area contributed by atoms with Crippen molar-refractivity contribution in [1.29, 1.82) is 0 Å². The maximum absolute atomic E-state index is 12.9. The summed E-state index contributed by atoms with van der Waals surface area (Å²) in [7, 11) is -2.32. The molecular weight excluding hydrogens is 417 g/mol. The first-order chi connectivity index (χ1) is 14.3. The van der Waals surface area contributed by atoms with Crippen molar-refractivity contribution in [1.82, 2.24) is 10.3 Å². The molecule has 0 unspecified atom stereocenters. The maximum atomic E-state index is 12.9. The van der Waals surface area contributed by atoms with Crippen molar-refractivity contribution in [3.63, 3.8) is 0 Å². The SMILES string of the molecule is O=S(=O)=C1CNCCN1c1ccc(Nc2ccnc3cc(C(F)(F)F)ccc23)cc1. The summed E-state index contributed by atoms with van der Waals surface area (Å²) in [6.07, 6.45) is -2.98. The third kappa shape index (κ3) is 4.10. The van der Waals surface area contributed by atoms with Crippen molar-refractivity contribution >= 4 is 43.2 Å². The van der Waals surface area contributed by atoms with Gasteiger partial charge in [0.1, 0.15) is 0 Å². The number of rotatable bonds is 3. The van der Waals surface area contributed by atoms with Crippen LogP contribution in [0, 0.1) is 0 Å². The van der Waals surface area contributed by atoms with Gasteiger partial charge in [0.2, 0.25) is 10.3 Å². The molecule has 0 aliphatic carbocycles. The average molecular weight is 434 g/mol. The lowest BCUT2D eigenvalue weighted by molar-refractivity contribution is -0.137. The highest BCUT2D eigenvalue weighted by atomic mass is 32.2. The first kappa shape index (κ1) is 20.2. The molecule has 0 saturated carbocycles. The predicted molar refractivity (Wildman–Crippen MR) is 111 cm³/mol. The highest BCUT2D eigenvalue weighted by molar-refractivity contribution is 7.73. The van der Waals surface area contributed by atoms with Gasteiger partial charge >= 0.3 is 6.18 Å². The van der Waals surface area contributed by atoms with Crippen molar-refractivity contribution in [2.24, 2.45) is 0 Å². The van der Waals surface area contributed by atoms with Gasteiger partial charge in [-0.1, -0.05) is 6.07 Å². The molecule has 1 aliphatic rings. The molecule has 1 fully saturated rings. The summed E-state index contributed by atoms with van der Waals surface area (Å²) < 4.78 is 61.7. The number of nitrogens with zero attached hydrogens (tertiary/aromatic N) is 2. The van der Waals surface area contributed by atoms with Crippen LogP contribution < -0.4 is 15.5 Å².